The molecular formula is C25H29N5O3. The first-order valence-electron chi connectivity index (χ1n) is 11.0. The molecule has 0 unspecified atom stereocenters. The molecule has 2 heterocycles. The molecule has 1 saturated heterocycles. The zero-order chi connectivity index (χ0) is 23.2. The van der Waals surface area contributed by atoms with Gasteiger partial charge in [-0.15, -0.1) is 0 Å². The first kappa shape index (κ1) is 22.4. The lowest BCUT2D eigenvalue weighted by atomic mass is 10.2. The van der Waals surface area contributed by atoms with Gasteiger partial charge in [-0.2, -0.15) is 0 Å². The van der Waals surface area contributed by atoms with Crippen molar-refractivity contribution in [3.8, 4) is 11.5 Å². The average molecular weight is 448 g/mol. The molecule has 2 aromatic carbocycles. The quantitative estimate of drug-likeness (QED) is 0.595. The number of nitrogens with zero attached hydrogens (tertiary/aromatic N) is 4. The van der Waals surface area contributed by atoms with Gasteiger partial charge < -0.3 is 24.6 Å². The number of benzene rings is 2. The summed E-state index contributed by atoms with van der Waals surface area (Å²) in [6, 6.07) is 15.8. The van der Waals surface area contributed by atoms with Crippen LogP contribution < -0.4 is 19.7 Å². The molecule has 172 valence electrons. The summed E-state index contributed by atoms with van der Waals surface area (Å²) >= 11 is 0. The minimum Gasteiger partial charge on any atom is -0.497 e. The molecule has 0 radical (unpaired) electrons. The van der Waals surface area contributed by atoms with Crippen molar-refractivity contribution < 1.29 is 14.3 Å². The fraction of sp³-hybridized carbons (Fsp3) is 0.320. The van der Waals surface area contributed by atoms with Crippen molar-refractivity contribution in [2.24, 2.45) is 0 Å². The molecule has 1 amide bonds. The predicted octanol–water partition coefficient (Wildman–Crippen LogP) is 3.38. The highest BCUT2D eigenvalue weighted by molar-refractivity contribution is 5.95. The van der Waals surface area contributed by atoms with E-state index >= 15 is 0 Å². The van der Waals surface area contributed by atoms with Crippen molar-refractivity contribution in [2.45, 2.75) is 13.5 Å². The van der Waals surface area contributed by atoms with Crippen molar-refractivity contribution in [1.29, 1.82) is 0 Å². The third-order valence-electron chi connectivity index (χ3n) is 5.82. The van der Waals surface area contributed by atoms with Crippen molar-refractivity contribution in [1.82, 2.24) is 14.9 Å². The molecule has 1 aliphatic rings. The first-order valence-corrected chi connectivity index (χ1v) is 11.0. The van der Waals surface area contributed by atoms with Gasteiger partial charge in [0.25, 0.3) is 5.91 Å². The van der Waals surface area contributed by atoms with E-state index in [-0.39, 0.29) is 5.91 Å². The van der Waals surface area contributed by atoms with Gasteiger partial charge in [0.15, 0.2) is 0 Å². The Morgan fingerprint density at radius 3 is 2.12 bits per heavy atom. The molecule has 0 spiro atoms. The fourth-order valence-corrected chi connectivity index (χ4v) is 3.82. The molecular weight excluding hydrogens is 418 g/mol. The van der Waals surface area contributed by atoms with Crippen molar-refractivity contribution in [3.05, 3.63) is 71.5 Å². The van der Waals surface area contributed by atoms with Gasteiger partial charge in [-0.1, -0.05) is 12.1 Å². The maximum atomic E-state index is 13.1. The molecule has 4 rings (SSSR count). The van der Waals surface area contributed by atoms with E-state index in [4.69, 9.17) is 9.47 Å². The Hall–Kier alpha value is -3.81. The Morgan fingerprint density at radius 1 is 0.939 bits per heavy atom. The number of nitrogens with one attached hydrogen (secondary N) is 1. The summed E-state index contributed by atoms with van der Waals surface area (Å²) in [6.45, 7) is 5.30. The van der Waals surface area contributed by atoms with E-state index in [2.05, 4.69) is 20.2 Å². The first-order chi connectivity index (χ1) is 16.1. The lowest BCUT2D eigenvalue weighted by molar-refractivity contribution is 0.0745. The molecule has 0 saturated carbocycles. The zero-order valence-corrected chi connectivity index (χ0v) is 19.2. The molecule has 1 N–H and O–H groups in total. The standard InChI is InChI=1S/C25H29N5O3/c1-18-23(17-27-25(28-18)26-16-19-4-8-21(32-2)9-5-19)24(31)30-14-12-29(13-15-30)20-6-10-22(33-3)11-7-20/h4-11,17H,12-16H2,1-3H3,(H,26,27,28). The highest BCUT2D eigenvalue weighted by Gasteiger charge is 2.24. The van der Waals surface area contributed by atoms with Gasteiger partial charge in [0, 0.05) is 44.6 Å². The van der Waals surface area contributed by atoms with Gasteiger partial charge in [0.05, 0.1) is 25.5 Å². The van der Waals surface area contributed by atoms with Gasteiger partial charge in [-0.05, 0) is 48.9 Å². The Kier molecular flexibility index (Phi) is 6.92. The lowest BCUT2D eigenvalue weighted by Gasteiger charge is -2.36. The van der Waals surface area contributed by atoms with Gasteiger partial charge >= 0.3 is 0 Å². The van der Waals surface area contributed by atoms with E-state index in [1.165, 1.54) is 0 Å². The van der Waals surface area contributed by atoms with E-state index in [1.54, 1.807) is 20.4 Å². The van der Waals surface area contributed by atoms with Crippen LogP contribution in [0.2, 0.25) is 0 Å². The van der Waals surface area contributed by atoms with E-state index in [9.17, 15) is 4.79 Å². The third-order valence-corrected chi connectivity index (χ3v) is 5.82. The highest BCUT2D eigenvalue weighted by atomic mass is 16.5. The Morgan fingerprint density at radius 2 is 1.55 bits per heavy atom. The Balaban J connectivity index is 1.33. The number of piperazine rings is 1. The van der Waals surface area contributed by atoms with Gasteiger partial charge in [0.1, 0.15) is 11.5 Å². The van der Waals surface area contributed by atoms with Crippen LogP contribution in [0.1, 0.15) is 21.6 Å². The van der Waals surface area contributed by atoms with Crippen LogP contribution in [0.5, 0.6) is 11.5 Å². The Bertz CT molecular complexity index is 1080. The summed E-state index contributed by atoms with van der Waals surface area (Å²) in [7, 11) is 3.31. The largest absolute Gasteiger partial charge is 0.497 e. The molecule has 1 aliphatic heterocycles. The van der Waals surface area contributed by atoms with Gasteiger partial charge in [-0.25, -0.2) is 9.97 Å². The number of aryl methyl sites for hydroxylation is 1. The maximum absolute atomic E-state index is 13.1. The number of carbonyl (C=O) groups excluding carboxylic acids is 1. The van der Waals surface area contributed by atoms with E-state index in [0.29, 0.717) is 36.8 Å². The molecule has 1 fully saturated rings. The average Bonchev–Trinajstić information content (AvgIpc) is 2.87. The number of aromatic nitrogens is 2. The molecule has 33 heavy (non-hydrogen) atoms. The second kappa shape index (κ2) is 10.2. The predicted molar refractivity (Wildman–Crippen MR) is 128 cm³/mol. The summed E-state index contributed by atoms with van der Waals surface area (Å²) in [5.41, 5.74) is 3.44. The Labute approximate surface area is 194 Å². The molecule has 8 nitrogen and oxygen atoms in total. The topological polar surface area (TPSA) is 79.8 Å². The van der Waals surface area contributed by atoms with E-state index in [0.717, 1.165) is 35.8 Å². The van der Waals surface area contributed by atoms with Crippen LogP contribution in [-0.4, -0.2) is 61.2 Å². The third kappa shape index (κ3) is 5.34. The minimum atomic E-state index is -0.0245. The molecule has 0 bridgehead atoms. The van der Waals surface area contributed by atoms with Gasteiger partial charge in [-0.3, -0.25) is 4.79 Å². The number of rotatable bonds is 7. The normalized spacial score (nSPS) is 13.5. The fourth-order valence-electron chi connectivity index (χ4n) is 3.82. The van der Waals surface area contributed by atoms with Crippen LogP contribution in [0.15, 0.2) is 54.7 Å². The van der Waals surface area contributed by atoms with Crippen molar-refractivity contribution >= 4 is 17.5 Å². The summed E-state index contributed by atoms with van der Waals surface area (Å²) in [4.78, 5) is 26.1. The zero-order valence-electron chi connectivity index (χ0n) is 19.2. The lowest BCUT2D eigenvalue weighted by Crippen LogP contribution is -2.49. The molecule has 8 heteroatoms. The summed E-state index contributed by atoms with van der Waals surface area (Å²) in [5, 5.41) is 3.21. The summed E-state index contributed by atoms with van der Waals surface area (Å²) in [6.07, 6.45) is 1.62. The number of hydrogen-bond acceptors (Lipinski definition) is 7. The van der Waals surface area contributed by atoms with Crippen molar-refractivity contribution in [3.63, 3.8) is 0 Å². The second-order valence-electron chi connectivity index (χ2n) is 7.87. The summed E-state index contributed by atoms with van der Waals surface area (Å²) in [5.74, 6) is 2.14. The molecule has 3 aromatic rings. The van der Waals surface area contributed by atoms with Crippen LogP contribution in [0.4, 0.5) is 11.6 Å². The highest BCUT2D eigenvalue weighted by Crippen LogP contribution is 2.21. The van der Waals surface area contributed by atoms with Crippen LogP contribution in [-0.2, 0) is 6.54 Å². The van der Waals surface area contributed by atoms with Crippen LogP contribution in [0, 0.1) is 6.92 Å². The number of hydrogen-bond donors (Lipinski definition) is 1. The number of anilines is 2. The summed E-state index contributed by atoms with van der Waals surface area (Å²) < 4.78 is 10.4. The monoisotopic (exact) mass is 447 g/mol. The minimum absolute atomic E-state index is 0.0245. The van der Waals surface area contributed by atoms with Crippen molar-refractivity contribution in [2.75, 3.05) is 50.6 Å². The molecule has 0 aliphatic carbocycles. The second-order valence-corrected chi connectivity index (χ2v) is 7.87. The molecule has 0 atom stereocenters. The van der Waals surface area contributed by atoms with Crippen LogP contribution in [0.25, 0.3) is 0 Å². The molecule has 1 aromatic heterocycles. The van der Waals surface area contributed by atoms with Crippen LogP contribution >= 0.6 is 0 Å². The van der Waals surface area contributed by atoms with Crippen LogP contribution in [0.3, 0.4) is 0 Å². The SMILES string of the molecule is COc1ccc(CNc2ncc(C(=O)N3CCN(c4ccc(OC)cc4)CC3)c(C)n2)cc1. The van der Waals surface area contributed by atoms with Gasteiger partial charge in [0.2, 0.25) is 5.95 Å². The maximum Gasteiger partial charge on any atom is 0.257 e. The number of carbonyl (C=O) groups is 1. The van der Waals surface area contributed by atoms with E-state index in [1.807, 2.05) is 60.4 Å². The number of methoxy groups -OCH3 is 2. The number of ether oxygens (including phenoxy) is 2. The smallest absolute Gasteiger partial charge is 0.257 e. The number of amides is 1. The van der Waals surface area contributed by atoms with E-state index < -0.39 is 0 Å².